The largest absolute Gasteiger partial charge is 0.508 e. The van der Waals surface area contributed by atoms with Gasteiger partial charge in [-0.05, 0) is 37.1 Å². The van der Waals surface area contributed by atoms with Crippen LogP contribution in [0.15, 0.2) is 24.3 Å². The van der Waals surface area contributed by atoms with E-state index in [1.807, 2.05) is 6.92 Å². The highest BCUT2D eigenvalue weighted by molar-refractivity contribution is 5.95. The number of phenolic OH excluding ortho intramolecular Hbond substituents is 1. The van der Waals surface area contributed by atoms with E-state index in [4.69, 9.17) is 10.2 Å². The van der Waals surface area contributed by atoms with E-state index in [-0.39, 0.29) is 24.2 Å². The molecule has 7 heteroatoms. The van der Waals surface area contributed by atoms with Gasteiger partial charge in [-0.25, -0.2) is 0 Å². The lowest BCUT2D eigenvalue weighted by molar-refractivity contribution is -0.142. The van der Waals surface area contributed by atoms with E-state index in [2.05, 4.69) is 10.9 Å². The lowest BCUT2D eigenvalue weighted by atomic mass is 9.98. The molecule has 7 nitrogen and oxygen atoms in total. The van der Waals surface area contributed by atoms with Crippen molar-refractivity contribution in [3.05, 3.63) is 29.8 Å². The molecule has 0 spiro atoms. The van der Waals surface area contributed by atoms with Crippen LogP contribution in [0, 0.1) is 5.92 Å². The van der Waals surface area contributed by atoms with E-state index >= 15 is 0 Å². The van der Waals surface area contributed by atoms with Crippen LogP contribution >= 0.6 is 0 Å². The van der Waals surface area contributed by atoms with E-state index in [1.165, 1.54) is 24.3 Å². The topological polar surface area (TPSA) is 116 Å². The van der Waals surface area contributed by atoms with Crippen molar-refractivity contribution in [1.82, 2.24) is 10.9 Å². The van der Waals surface area contributed by atoms with Crippen LogP contribution in [-0.2, 0) is 9.59 Å². The van der Waals surface area contributed by atoms with Crippen LogP contribution in [0.5, 0.6) is 5.75 Å². The molecule has 120 valence electrons. The maximum atomic E-state index is 11.7. The van der Waals surface area contributed by atoms with Crippen molar-refractivity contribution in [3.63, 3.8) is 0 Å². The Morgan fingerprint density at radius 1 is 1.09 bits per heavy atom. The molecule has 0 heterocycles. The minimum absolute atomic E-state index is 0.0207. The Labute approximate surface area is 128 Å². The maximum absolute atomic E-state index is 11.7. The van der Waals surface area contributed by atoms with Crippen LogP contribution < -0.4 is 10.9 Å². The number of rotatable bonds is 7. The quantitative estimate of drug-likeness (QED) is 0.569. The molecule has 1 aromatic carbocycles. The van der Waals surface area contributed by atoms with Gasteiger partial charge in [0.2, 0.25) is 5.91 Å². The second kappa shape index (κ2) is 8.66. The first-order chi connectivity index (χ1) is 10.4. The fraction of sp³-hybridized carbons (Fsp3) is 0.400. The number of nitrogens with one attached hydrogen (secondary N) is 2. The van der Waals surface area contributed by atoms with Crippen molar-refractivity contribution in [2.45, 2.75) is 32.6 Å². The van der Waals surface area contributed by atoms with Gasteiger partial charge in [-0.15, -0.1) is 0 Å². The van der Waals surface area contributed by atoms with Crippen molar-refractivity contribution < 1.29 is 24.6 Å². The van der Waals surface area contributed by atoms with Gasteiger partial charge in [0, 0.05) is 12.0 Å². The molecular weight excluding hydrogens is 288 g/mol. The van der Waals surface area contributed by atoms with Crippen molar-refractivity contribution in [2.75, 3.05) is 0 Å². The zero-order valence-electron chi connectivity index (χ0n) is 12.3. The summed E-state index contributed by atoms with van der Waals surface area (Å²) in [5, 5.41) is 18.1. The molecule has 0 aliphatic heterocycles. The Bertz CT molecular complexity index is 527. The molecule has 0 unspecified atom stereocenters. The normalized spacial score (nSPS) is 11.5. The Balaban J connectivity index is 2.37. The molecular formula is C15H20N2O5. The lowest BCUT2D eigenvalue weighted by Crippen LogP contribution is -2.41. The summed E-state index contributed by atoms with van der Waals surface area (Å²) in [6, 6.07) is 5.55. The van der Waals surface area contributed by atoms with Crippen molar-refractivity contribution in [2.24, 2.45) is 5.92 Å². The Hall–Kier alpha value is -2.57. The minimum atomic E-state index is -0.914. The third-order valence-electron chi connectivity index (χ3n) is 3.15. The lowest BCUT2D eigenvalue weighted by Gasteiger charge is -2.11. The number of carbonyl (C=O) groups is 3. The van der Waals surface area contributed by atoms with Gasteiger partial charge in [-0.2, -0.15) is 0 Å². The average Bonchev–Trinajstić information content (AvgIpc) is 2.49. The van der Waals surface area contributed by atoms with Crippen LogP contribution in [0.1, 0.15) is 43.0 Å². The highest BCUT2D eigenvalue weighted by Gasteiger charge is 2.17. The smallest absolute Gasteiger partial charge is 0.306 e. The fourth-order valence-corrected chi connectivity index (χ4v) is 1.92. The third-order valence-corrected chi connectivity index (χ3v) is 3.15. The van der Waals surface area contributed by atoms with Gasteiger partial charge >= 0.3 is 5.97 Å². The first-order valence-corrected chi connectivity index (χ1v) is 7.05. The predicted octanol–water partition coefficient (Wildman–Crippen LogP) is 1.43. The summed E-state index contributed by atoms with van der Waals surface area (Å²) in [5.74, 6) is -2.39. The zero-order valence-corrected chi connectivity index (χ0v) is 12.3. The second-order valence-electron chi connectivity index (χ2n) is 4.91. The van der Waals surface area contributed by atoms with Crippen molar-refractivity contribution in [1.29, 1.82) is 0 Å². The van der Waals surface area contributed by atoms with Gasteiger partial charge in [0.1, 0.15) is 5.75 Å². The summed E-state index contributed by atoms with van der Waals surface area (Å²) < 4.78 is 0. The number of hydrogen-bond donors (Lipinski definition) is 4. The van der Waals surface area contributed by atoms with Crippen LogP contribution in [0.2, 0.25) is 0 Å². The van der Waals surface area contributed by atoms with Crippen molar-refractivity contribution >= 4 is 17.8 Å². The standard InChI is InChI=1S/C15H20N2O5/c1-2-3-11(15(21)22)6-9-13(19)16-17-14(20)10-4-7-12(18)8-5-10/h4-5,7-8,11,18H,2-3,6,9H2,1H3,(H,16,19)(H,17,20)(H,21,22)/t11-/m1/s1. The molecule has 1 aromatic rings. The van der Waals surface area contributed by atoms with Crippen LogP contribution in [0.3, 0.4) is 0 Å². The number of aromatic hydroxyl groups is 1. The predicted molar refractivity (Wildman–Crippen MR) is 79.0 cm³/mol. The number of amides is 2. The summed E-state index contributed by atoms with van der Waals surface area (Å²) in [6.07, 6.45) is 1.50. The number of hydrogen-bond acceptors (Lipinski definition) is 4. The molecule has 2 amide bonds. The van der Waals surface area contributed by atoms with Gasteiger partial charge in [0.15, 0.2) is 0 Å². The fourth-order valence-electron chi connectivity index (χ4n) is 1.92. The number of carboxylic acids is 1. The number of hydrazine groups is 1. The first-order valence-electron chi connectivity index (χ1n) is 7.05. The van der Waals surface area contributed by atoms with E-state index in [9.17, 15) is 14.4 Å². The molecule has 0 saturated heterocycles. The summed E-state index contributed by atoms with van der Waals surface area (Å²) in [4.78, 5) is 34.3. The van der Waals surface area contributed by atoms with Crippen molar-refractivity contribution in [3.8, 4) is 5.75 Å². The molecule has 0 aliphatic carbocycles. The number of phenols is 1. The highest BCUT2D eigenvalue weighted by Crippen LogP contribution is 2.13. The molecule has 1 atom stereocenters. The molecule has 0 fully saturated rings. The minimum Gasteiger partial charge on any atom is -0.508 e. The van der Waals surface area contributed by atoms with Gasteiger partial charge < -0.3 is 10.2 Å². The van der Waals surface area contributed by atoms with Crippen LogP contribution in [-0.4, -0.2) is 28.0 Å². The summed E-state index contributed by atoms with van der Waals surface area (Å²) in [5.41, 5.74) is 4.76. The van der Waals surface area contributed by atoms with Gasteiger partial charge in [-0.3, -0.25) is 25.2 Å². The van der Waals surface area contributed by atoms with E-state index in [1.54, 1.807) is 0 Å². The molecule has 1 rings (SSSR count). The SMILES string of the molecule is CCC[C@H](CCC(=O)NNC(=O)c1ccc(O)cc1)C(=O)O. The Morgan fingerprint density at radius 2 is 1.73 bits per heavy atom. The second-order valence-corrected chi connectivity index (χ2v) is 4.91. The van der Waals surface area contributed by atoms with Gasteiger partial charge in [-0.1, -0.05) is 13.3 Å². The highest BCUT2D eigenvalue weighted by atomic mass is 16.4. The van der Waals surface area contributed by atoms with E-state index in [0.717, 1.165) is 6.42 Å². The van der Waals surface area contributed by atoms with E-state index in [0.29, 0.717) is 6.42 Å². The molecule has 22 heavy (non-hydrogen) atoms. The number of aliphatic carboxylic acids is 1. The van der Waals surface area contributed by atoms with Crippen LogP contribution in [0.25, 0.3) is 0 Å². The first kappa shape index (κ1) is 17.5. The zero-order chi connectivity index (χ0) is 16.5. The molecule has 0 aromatic heterocycles. The number of carboxylic acid groups (broad SMARTS) is 1. The Morgan fingerprint density at radius 3 is 2.27 bits per heavy atom. The molecule has 0 aliphatic rings. The number of carbonyl (C=O) groups excluding carboxylic acids is 2. The van der Waals surface area contributed by atoms with Crippen LogP contribution in [0.4, 0.5) is 0 Å². The molecule has 0 saturated carbocycles. The summed E-state index contributed by atoms with van der Waals surface area (Å²) in [7, 11) is 0. The molecule has 0 bridgehead atoms. The number of benzene rings is 1. The Kier molecular flexibility index (Phi) is 6.88. The maximum Gasteiger partial charge on any atom is 0.306 e. The van der Waals surface area contributed by atoms with E-state index < -0.39 is 23.7 Å². The average molecular weight is 308 g/mol. The van der Waals surface area contributed by atoms with Gasteiger partial charge in [0.05, 0.1) is 5.92 Å². The molecule has 0 radical (unpaired) electrons. The summed E-state index contributed by atoms with van der Waals surface area (Å²) >= 11 is 0. The molecule has 4 N–H and O–H groups in total. The monoisotopic (exact) mass is 308 g/mol. The van der Waals surface area contributed by atoms with Gasteiger partial charge in [0.25, 0.3) is 5.91 Å². The third kappa shape index (κ3) is 5.82. The summed E-state index contributed by atoms with van der Waals surface area (Å²) in [6.45, 7) is 1.88.